The van der Waals surface area contributed by atoms with Gasteiger partial charge in [0.25, 0.3) is 0 Å². The maximum atomic E-state index is 12.9. The molecule has 4 nitrogen and oxygen atoms in total. The lowest BCUT2D eigenvalue weighted by molar-refractivity contribution is -0.137. The van der Waals surface area contributed by atoms with Gasteiger partial charge in [0.1, 0.15) is 0 Å². The number of nitrogens with one attached hydrogen (secondary N) is 2. The van der Waals surface area contributed by atoms with Crippen LogP contribution in [0.4, 0.5) is 18.9 Å². The summed E-state index contributed by atoms with van der Waals surface area (Å²) in [6.45, 7) is 3.69. The predicted octanol–water partition coefficient (Wildman–Crippen LogP) is 3.99. The average Bonchev–Trinajstić information content (AvgIpc) is 2.64. The maximum Gasteiger partial charge on any atom is 0.416 e. The minimum absolute atomic E-state index is 0.103. The zero-order valence-electron chi connectivity index (χ0n) is 15.9. The summed E-state index contributed by atoms with van der Waals surface area (Å²) < 4.78 is 38.6. The van der Waals surface area contributed by atoms with E-state index in [1.165, 1.54) is 6.07 Å². The van der Waals surface area contributed by atoms with Crippen LogP contribution in [0.2, 0.25) is 0 Å². The summed E-state index contributed by atoms with van der Waals surface area (Å²) in [6, 6.07) is 12.4. The molecule has 0 saturated heterocycles. The van der Waals surface area contributed by atoms with Gasteiger partial charge in [0, 0.05) is 23.8 Å². The Hall–Kier alpha value is -2.54. The van der Waals surface area contributed by atoms with Crippen molar-refractivity contribution < 1.29 is 23.1 Å². The topological polar surface area (TPSA) is 61.4 Å². The molecule has 0 saturated carbocycles. The number of aliphatic hydroxyl groups is 1. The summed E-state index contributed by atoms with van der Waals surface area (Å²) in [6.07, 6.45) is -4.21. The van der Waals surface area contributed by atoms with E-state index in [2.05, 4.69) is 10.6 Å². The van der Waals surface area contributed by atoms with Gasteiger partial charge in [0.2, 0.25) is 5.91 Å². The fourth-order valence-electron chi connectivity index (χ4n) is 2.76. The van der Waals surface area contributed by atoms with E-state index in [0.717, 1.165) is 17.7 Å². The molecular formula is C21H25F3N2O2. The van der Waals surface area contributed by atoms with Crippen molar-refractivity contribution in [3.63, 3.8) is 0 Å². The SMILES string of the molecule is CC(C)C(CNC(=O)Cc1ccccc1)Nc1ccc(C(F)(F)F)cc1CO. The van der Waals surface area contributed by atoms with Gasteiger partial charge in [-0.25, -0.2) is 0 Å². The lowest BCUT2D eigenvalue weighted by Crippen LogP contribution is -2.40. The van der Waals surface area contributed by atoms with Crippen LogP contribution in [0.15, 0.2) is 48.5 Å². The first-order chi connectivity index (χ1) is 13.2. The van der Waals surface area contributed by atoms with Crippen molar-refractivity contribution in [2.75, 3.05) is 11.9 Å². The Kier molecular flexibility index (Phi) is 7.45. The van der Waals surface area contributed by atoms with Gasteiger partial charge in [0.15, 0.2) is 0 Å². The first-order valence-electron chi connectivity index (χ1n) is 9.09. The summed E-state index contributed by atoms with van der Waals surface area (Å²) in [5.74, 6) is -0.0284. The Labute approximate surface area is 162 Å². The molecule has 0 radical (unpaired) electrons. The van der Waals surface area contributed by atoms with Crippen LogP contribution >= 0.6 is 0 Å². The van der Waals surface area contributed by atoms with Crippen LogP contribution in [-0.2, 0) is 24.0 Å². The standard InChI is InChI=1S/C21H25F3N2O2/c1-14(2)19(12-25-20(28)10-15-6-4-3-5-7-15)26-18-9-8-17(21(22,23)24)11-16(18)13-27/h3-9,11,14,19,26-27H,10,12-13H2,1-2H3,(H,25,28). The van der Waals surface area contributed by atoms with Crippen LogP contribution in [-0.4, -0.2) is 23.6 Å². The largest absolute Gasteiger partial charge is 0.416 e. The van der Waals surface area contributed by atoms with E-state index < -0.39 is 18.3 Å². The smallest absolute Gasteiger partial charge is 0.392 e. The first kappa shape index (κ1) is 21.8. The lowest BCUT2D eigenvalue weighted by atomic mass is 10.0. The number of halogens is 3. The summed E-state index contributed by atoms with van der Waals surface area (Å²) >= 11 is 0. The molecule has 7 heteroatoms. The number of hydrogen-bond donors (Lipinski definition) is 3. The highest BCUT2D eigenvalue weighted by Gasteiger charge is 2.31. The highest BCUT2D eigenvalue weighted by molar-refractivity contribution is 5.78. The minimum Gasteiger partial charge on any atom is -0.392 e. The molecule has 0 aliphatic carbocycles. The van der Waals surface area contributed by atoms with Crippen molar-refractivity contribution in [1.29, 1.82) is 0 Å². The number of aliphatic hydroxyl groups excluding tert-OH is 1. The molecule has 0 bridgehead atoms. The van der Waals surface area contributed by atoms with Crippen LogP contribution < -0.4 is 10.6 Å². The molecule has 152 valence electrons. The van der Waals surface area contributed by atoms with Crippen molar-refractivity contribution in [1.82, 2.24) is 5.32 Å². The molecule has 2 aromatic carbocycles. The van der Waals surface area contributed by atoms with Crippen molar-refractivity contribution >= 4 is 11.6 Å². The third kappa shape index (κ3) is 6.27. The molecule has 0 aromatic heterocycles. The van der Waals surface area contributed by atoms with Crippen LogP contribution in [0.3, 0.4) is 0 Å². The number of carbonyl (C=O) groups is 1. The second kappa shape index (κ2) is 9.59. The monoisotopic (exact) mass is 394 g/mol. The zero-order valence-corrected chi connectivity index (χ0v) is 15.9. The third-order valence-electron chi connectivity index (χ3n) is 4.48. The lowest BCUT2D eigenvalue weighted by Gasteiger charge is -2.25. The van der Waals surface area contributed by atoms with E-state index in [0.29, 0.717) is 12.2 Å². The Bertz CT molecular complexity index is 777. The molecule has 2 aromatic rings. The normalized spacial score (nSPS) is 12.7. The number of anilines is 1. The van der Waals surface area contributed by atoms with Crippen LogP contribution in [0.1, 0.15) is 30.5 Å². The van der Waals surface area contributed by atoms with E-state index in [4.69, 9.17) is 0 Å². The van der Waals surface area contributed by atoms with Gasteiger partial charge in [-0.2, -0.15) is 13.2 Å². The Morgan fingerprint density at radius 3 is 2.36 bits per heavy atom. The predicted molar refractivity (Wildman–Crippen MR) is 103 cm³/mol. The molecular weight excluding hydrogens is 369 g/mol. The van der Waals surface area contributed by atoms with Crippen molar-refractivity contribution in [3.8, 4) is 0 Å². The molecule has 0 fully saturated rings. The summed E-state index contributed by atoms with van der Waals surface area (Å²) in [7, 11) is 0. The van der Waals surface area contributed by atoms with Gasteiger partial charge in [0.05, 0.1) is 18.6 Å². The van der Waals surface area contributed by atoms with Gasteiger partial charge >= 0.3 is 6.18 Å². The van der Waals surface area contributed by atoms with Gasteiger partial charge in [-0.05, 0) is 29.7 Å². The van der Waals surface area contributed by atoms with E-state index in [1.807, 2.05) is 44.2 Å². The number of carbonyl (C=O) groups excluding carboxylic acids is 1. The van der Waals surface area contributed by atoms with Crippen LogP contribution in [0.5, 0.6) is 0 Å². The molecule has 2 rings (SSSR count). The third-order valence-corrected chi connectivity index (χ3v) is 4.48. The van der Waals surface area contributed by atoms with Crippen molar-refractivity contribution in [3.05, 3.63) is 65.2 Å². The maximum absolute atomic E-state index is 12.9. The molecule has 0 aliphatic rings. The zero-order chi connectivity index (χ0) is 20.7. The molecule has 0 aliphatic heterocycles. The Balaban J connectivity index is 2.03. The molecule has 1 atom stereocenters. The van der Waals surface area contributed by atoms with Gasteiger partial charge in [-0.1, -0.05) is 44.2 Å². The number of benzene rings is 2. The molecule has 28 heavy (non-hydrogen) atoms. The highest BCUT2D eigenvalue weighted by atomic mass is 19.4. The quantitative estimate of drug-likeness (QED) is 0.634. The van der Waals surface area contributed by atoms with Gasteiger partial charge < -0.3 is 15.7 Å². The number of rotatable bonds is 8. The minimum atomic E-state index is -4.47. The number of alkyl halides is 3. The molecule has 0 spiro atoms. The fourth-order valence-corrected chi connectivity index (χ4v) is 2.76. The summed E-state index contributed by atoms with van der Waals surface area (Å²) in [5.41, 5.74) is 0.682. The molecule has 1 amide bonds. The second-order valence-corrected chi connectivity index (χ2v) is 6.99. The van der Waals surface area contributed by atoms with Crippen LogP contribution in [0.25, 0.3) is 0 Å². The number of hydrogen-bond acceptors (Lipinski definition) is 3. The van der Waals surface area contributed by atoms with E-state index in [1.54, 1.807) is 0 Å². The highest BCUT2D eigenvalue weighted by Crippen LogP contribution is 2.32. The molecule has 3 N–H and O–H groups in total. The first-order valence-corrected chi connectivity index (χ1v) is 9.09. The Morgan fingerprint density at radius 2 is 1.79 bits per heavy atom. The summed E-state index contributed by atoms with van der Waals surface area (Å²) in [5, 5.41) is 15.5. The van der Waals surface area contributed by atoms with E-state index >= 15 is 0 Å². The van der Waals surface area contributed by atoms with Crippen molar-refractivity contribution in [2.45, 2.75) is 39.1 Å². The van der Waals surface area contributed by atoms with Crippen molar-refractivity contribution in [2.24, 2.45) is 5.92 Å². The van der Waals surface area contributed by atoms with Gasteiger partial charge in [-0.3, -0.25) is 4.79 Å². The number of amides is 1. The average molecular weight is 394 g/mol. The molecule has 1 unspecified atom stereocenters. The Morgan fingerprint density at radius 1 is 1.11 bits per heavy atom. The molecule has 0 heterocycles. The van der Waals surface area contributed by atoms with Crippen LogP contribution in [0, 0.1) is 5.92 Å². The second-order valence-electron chi connectivity index (χ2n) is 6.99. The fraction of sp³-hybridized carbons (Fsp3) is 0.381. The van der Waals surface area contributed by atoms with E-state index in [9.17, 15) is 23.1 Å². The van der Waals surface area contributed by atoms with Gasteiger partial charge in [-0.15, -0.1) is 0 Å². The summed E-state index contributed by atoms with van der Waals surface area (Å²) in [4.78, 5) is 12.2. The van der Waals surface area contributed by atoms with E-state index in [-0.39, 0.29) is 29.9 Å².